The van der Waals surface area contributed by atoms with Gasteiger partial charge in [0.15, 0.2) is 0 Å². The molecule has 1 fully saturated rings. The highest BCUT2D eigenvalue weighted by Crippen LogP contribution is 2.40. The maximum atomic E-state index is 6.01. The second-order valence-corrected chi connectivity index (χ2v) is 5.64. The van der Waals surface area contributed by atoms with Crippen LogP contribution in [0.4, 0.5) is 0 Å². The summed E-state index contributed by atoms with van der Waals surface area (Å²) >= 11 is 0. The van der Waals surface area contributed by atoms with E-state index in [9.17, 15) is 0 Å². The molecular weight excluding hydrogens is 290 g/mol. The lowest BCUT2D eigenvalue weighted by Crippen LogP contribution is -2.21. The number of nitrogens with zero attached hydrogens (tertiary/aromatic N) is 3. The molecule has 3 heterocycles. The summed E-state index contributed by atoms with van der Waals surface area (Å²) in [6, 6.07) is 14.0. The molecular formula is C18H17N3O2. The monoisotopic (exact) mass is 307 g/mol. The highest BCUT2D eigenvalue weighted by molar-refractivity contribution is 5.52. The van der Waals surface area contributed by atoms with Gasteiger partial charge in [0.1, 0.15) is 0 Å². The summed E-state index contributed by atoms with van der Waals surface area (Å²) in [5.74, 6) is 1.33. The first-order valence-corrected chi connectivity index (χ1v) is 7.82. The van der Waals surface area contributed by atoms with Crippen molar-refractivity contribution in [2.75, 3.05) is 6.61 Å². The second-order valence-electron chi connectivity index (χ2n) is 5.64. The maximum absolute atomic E-state index is 6.01. The summed E-state index contributed by atoms with van der Waals surface area (Å²) < 4.78 is 11.6. The van der Waals surface area contributed by atoms with Gasteiger partial charge in [-0.2, -0.15) is 4.98 Å². The first-order chi connectivity index (χ1) is 11.4. The van der Waals surface area contributed by atoms with Gasteiger partial charge in [0.05, 0.1) is 12.0 Å². The molecule has 0 bridgehead atoms. The van der Waals surface area contributed by atoms with Gasteiger partial charge in [-0.1, -0.05) is 35.5 Å². The van der Waals surface area contributed by atoms with Crippen LogP contribution < -0.4 is 0 Å². The van der Waals surface area contributed by atoms with E-state index in [1.165, 1.54) is 0 Å². The molecule has 23 heavy (non-hydrogen) atoms. The van der Waals surface area contributed by atoms with Crippen molar-refractivity contribution < 1.29 is 9.26 Å². The molecule has 0 spiro atoms. The van der Waals surface area contributed by atoms with Crippen molar-refractivity contribution >= 4 is 0 Å². The molecule has 116 valence electrons. The van der Waals surface area contributed by atoms with Gasteiger partial charge in [0, 0.05) is 24.6 Å². The highest BCUT2D eigenvalue weighted by atomic mass is 16.5. The summed E-state index contributed by atoms with van der Waals surface area (Å²) in [6.07, 6.45) is 5.40. The third kappa shape index (κ3) is 2.87. The number of ether oxygens (including phenoxy) is 1. The third-order valence-corrected chi connectivity index (χ3v) is 4.15. The van der Waals surface area contributed by atoms with Gasteiger partial charge >= 0.3 is 0 Å². The van der Waals surface area contributed by atoms with Gasteiger partial charge in [-0.25, -0.2) is 0 Å². The molecule has 1 aromatic carbocycles. The Kier molecular flexibility index (Phi) is 3.86. The molecule has 2 aromatic heterocycles. The summed E-state index contributed by atoms with van der Waals surface area (Å²) in [7, 11) is 0. The van der Waals surface area contributed by atoms with E-state index in [0.717, 1.165) is 30.6 Å². The number of pyridine rings is 1. The van der Waals surface area contributed by atoms with Crippen LogP contribution in [0.25, 0.3) is 11.4 Å². The minimum atomic E-state index is -0.0318. The minimum Gasteiger partial charge on any atom is -0.373 e. The SMILES string of the molecule is c1ccc([C@H]2OCCC[C@@H]2c2nc(-c3ccncc3)no2)cc1. The van der Waals surface area contributed by atoms with E-state index in [2.05, 4.69) is 27.3 Å². The van der Waals surface area contributed by atoms with E-state index in [4.69, 9.17) is 9.26 Å². The summed E-state index contributed by atoms with van der Waals surface area (Å²) in [4.78, 5) is 8.61. The Balaban J connectivity index is 1.64. The number of aromatic nitrogens is 3. The van der Waals surface area contributed by atoms with Crippen molar-refractivity contribution in [2.24, 2.45) is 0 Å². The maximum Gasteiger partial charge on any atom is 0.233 e. The Bertz CT molecular complexity index is 758. The Morgan fingerprint density at radius 3 is 2.65 bits per heavy atom. The van der Waals surface area contributed by atoms with Crippen LogP contribution in [0.2, 0.25) is 0 Å². The largest absolute Gasteiger partial charge is 0.373 e. The highest BCUT2D eigenvalue weighted by Gasteiger charge is 2.33. The average Bonchev–Trinajstić information content (AvgIpc) is 3.13. The van der Waals surface area contributed by atoms with E-state index < -0.39 is 0 Å². The van der Waals surface area contributed by atoms with Gasteiger partial charge in [-0.15, -0.1) is 0 Å². The zero-order valence-corrected chi connectivity index (χ0v) is 12.6. The van der Waals surface area contributed by atoms with Crippen LogP contribution in [-0.4, -0.2) is 21.7 Å². The normalized spacial score (nSPS) is 21.2. The smallest absolute Gasteiger partial charge is 0.233 e. The Morgan fingerprint density at radius 2 is 1.83 bits per heavy atom. The van der Waals surface area contributed by atoms with Gasteiger partial charge in [0.2, 0.25) is 11.7 Å². The fourth-order valence-corrected chi connectivity index (χ4v) is 3.01. The van der Waals surface area contributed by atoms with Crippen molar-refractivity contribution in [3.8, 4) is 11.4 Å². The topological polar surface area (TPSA) is 61.0 Å². The van der Waals surface area contributed by atoms with Crippen molar-refractivity contribution in [1.82, 2.24) is 15.1 Å². The molecule has 3 aromatic rings. The van der Waals surface area contributed by atoms with Crippen LogP contribution >= 0.6 is 0 Å². The van der Waals surface area contributed by atoms with Gasteiger partial charge in [0.25, 0.3) is 0 Å². The minimum absolute atomic E-state index is 0.0318. The Labute approximate surface area is 134 Å². The predicted octanol–water partition coefficient (Wildman–Crippen LogP) is 3.77. The first kappa shape index (κ1) is 14.1. The molecule has 5 nitrogen and oxygen atoms in total. The molecule has 0 aliphatic carbocycles. The van der Waals surface area contributed by atoms with Gasteiger partial charge in [-0.3, -0.25) is 4.98 Å². The zero-order chi connectivity index (χ0) is 15.5. The number of benzene rings is 1. The molecule has 5 heteroatoms. The van der Waals surface area contributed by atoms with E-state index in [1.54, 1.807) is 12.4 Å². The van der Waals surface area contributed by atoms with Crippen LogP contribution in [0, 0.1) is 0 Å². The lowest BCUT2D eigenvalue weighted by atomic mass is 9.89. The molecule has 0 saturated carbocycles. The summed E-state index contributed by atoms with van der Waals surface area (Å²) in [5, 5.41) is 4.12. The molecule has 1 saturated heterocycles. The third-order valence-electron chi connectivity index (χ3n) is 4.15. The van der Waals surface area contributed by atoms with Crippen LogP contribution in [0.15, 0.2) is 59.4 Å². The van der Waals surface area contributed by atoms with Crippen molar-refractivity contribution in [3.63, 3.8) is 0 Å². The van der Waals surface area contributed by atoms with Crippen LogP contribution in [0.3, 0.4) is 0 Å². The molecule has 0 N–H and O–H groups in total. The molecule has 1 aliphatic rings. The van der Waals surface area contributed by atoms with Crippen LogP contribution in [0.5, 0.6) is 0 Å². The lowest BCUT2D eigenvalue weighted by molar-refractivity contribution is -0.0103. The van der Waals surface area contributed by atoms with E-state index >= 15 is 0 Å². The predicted molar refractivity (Wildman–Crippen MR) is 84.6 cm³/mol. The fourth-order valence-electron chi connectivity index (χ4n) is 3.01. The van der Waals surface area contributed by atoms with Crippen LogP contribution in [-0.2, 0) is 4.74 Å². The van der Waals surface area contributed by atoms with E-state index in [1.807, 2.05) is 30.3 Å². The summed E-state index contributed by atoms with van der Waals surface area (Å²) in [5.41, 5.74) is 2.06. The average molecular weight is 307 g/mol. The fraction of sp³-hybridized carbons (Fsp3) is 0.278. The summed E-state index contributed by atoms with van der Waals surface area (Å²) in [6.45, 7) is 0.765. The number of hydrogen-bond acceptors (Lipinski definition) is 5. The standard InChI is InChI=1S/C18H17N3O2/c1-2-5-13(6-3-1)16-15(7-4-12-22-16)18-20-17(21-23-18)14-8-10-19-11-9-14/h1-3,5-6,8-11,15-16H,4,7,12H2/t15-,16+/m0/s1. The number of hydrogen-bond donors (Lipinski definition) is 0. The van der Waals surface area contributed by atoms with E-state index in [-0.39, 0.29) is 12.0 Å². The zero-order valence-electron chi connectivity index (χ0n) is 12.6. The molecule has 1 aliphatic heterocycles. The molecule has 2 atom stereocenters. The first-order valence-electron chi connectivity index (χ1n) is 7.82. The quantitative estimate of drug-likeness (QED) is 0.737. The Hall–Kier alpha value is -2.53. The molecule has 0 unspecified atom stereocenters. The van der Waals surface area contributed by atoms with Gasteiger partial charge in [-0.05, 0) is 30.5 Å². The van der Waals surface area contributed by atoms with Crippen molar-refractivity contribution in [3.05, 3.63) is 66.3 Å². The van der Waals surface area contributed by atoms with Crippen LogP contribution in [0.1, 0.15) is 36.3 Å². The second kappa shape index (κ2) is 6.30. The van der Waals surface area contributed by atoms with Gasteiger partial charge < -0.3 is 9.26 Å². The molecule has 0 radical (unpaired) electrons. The molecule has 0 amide bonds. The van der Waals surface area contributed by atoms with E-state index in [0.29, 0.717) is 11.7 Å². The Morgan fingerprint density at radius 1 is 1.00 bits per heavy atom. The number of rotatable bonds is 3. The van der Waals surface area contributed by atoms with Crippen molar-refractivity contribution in [2.45, 2.75) is 24.9 Å². The molecule has 4 rings (SSSR count). The van der Waals surface area contributed by atoms with Crippen molar-refractivity contribution in [1.29, 1.82) is 0 Å². The lowest BCUT2D eigenvalue weighted by Gasteiger charge is -2.29.